The van der Waals surface area contributed by atoms with Crippen molar-refractivity contribution in [2.45, 2.75) is 13.5 Å². The smallest absolute Gasteiger partial charge is 0.267 e. The first-order valence-corrected chi connectivity index (χ1v) is 15.1. The molecule has 2 aliphatic heterocycles. The summed E-state index contributed by atoms with van der Waals surface area (Å²) in [6, 6.07) is 19.3. The molecule has 9 nitrogen and oxygen atoms in total. The molecule has 0 atom stereocenters. The molecule has 0 aliphatic carbocycles. The Morgan fingerprint density at radius 2 is 1.53 bits per heavy atom. The van der Waals surface area contributed by atoms with E-state index < -0.39 is 0 Å². The predicted octanol–water partition coefficient (Wildman–Crippen LogP) is 4.75. The summed E-state index contributed by atoms with van der Waals surface area (Å²) >= 11 is 6.81. The van der Waals surface area contributed by atoms with Gasteiger partial charge in [-0.3, -0.25) is 18.9 Å². The van der Waals surface area contributed by atoms with Crippen molar-refractivity contribution in [1.82, 2.24) is 14.3 Å². The van der Waals surface area contributed by atoms with Gasteiger partial charge in [0.25, 0.3) is 11.5 Å². The van der Waals surface area contributed by atoms with Gasteiger partial charge in [0.1, 0.15) is 27.3 Å². The molecule has 2 aromatic heterocycles. The van der Waals surface area contributed by atoms with Gasteiger partial charge in [-0.05, 0) is 66.6 Å². The molecule has 4 heterocycles. The molecular formula is C32H31N5O4S2. The Balaban J connectivity index is 1.31. The zero-order valence-corrected chi connectivity index (χ0v) is 25.8. The minimum Gasteiger partial charge on any atom is -0.497 e. The number of thioether (sulfide) groups is 1. The van der Waals surface area contributed by atoms with Gasteiger partial charge in [-0.25, -0.2) is 4.98 Å². The molecule has 11 heteroatoms. The molecule has 6 rings (SSSR count). The van der Waals surface area contributed by atoms with Gasteiger partial charge in [-0.1, -0.05) is 42.2 Å². The molecule has 0 N–H and O–H groups in total. The Bertz CT molecular complexity index is 1780. The van der Waals surface area contributed by atoms with Gasteiger partial charge in [0.05, 0.1) is 31.2 Å². The largest absolute Gasteiger partial charge is 0.497 e. The fourth-order valence-electron chi connectivity index (χ4n) is 5.32. The number of ether oxygens (including phenoxy) is 2. The zero-order valence-electron chi connectivity index (χ0n) is 24.1. The highest BCUT2D eigenvalue weighted by Gasteiger charge is 2.33. The average molecular weight is 614 g/mol. The minimum absolute atomic E-state index is 0.221. The number of piperazine rings is 1. The van der Waals surface area contributed by atoms with E-state index in [2.05, 4.69) is 21.9 Å². The van der Waals surface area contributed by atoms with Gasteiger partial charge < -0.3 is 19.3 Å². The van der Waals surface area contributed by atoms with Gasteiger partial charge in [0, 0.05) is 38.1 Å². The molecule has 0 bridgehead atoms. The molecule has 2 aliphatic rings. The van der Waals surface area contributed by atoms with E-state index in [-0.39, 0.29) is 11.5 Å². The van der Waals surface area contributed by atoms with Crippen molar-refractivity contribution in [3.8, 4) is 11.5 Å². The number of amides is 1. The summed E-state index contributed by atoms with van der Waals surface area (Å²) in [5.41, 5.74) is 3.70. The second-order valence-corrected chi connectivity index (χ2v) is 12.0. The Labute approximate surface area is 259 Å². The molecule has 2 saturated heterocycles. The number of thiocarbonyl (C=S) groups is 1. The minimum atomic E-state index is -0.227. The molecule has 43 heavy (non-hydrogen) atoms. The quantitative estimate of drug-likeness (QED) is 0.217. The SMILES string of the molecule is COc1ccc(CN2C(=O)/C(=C/c3c(N4CCN(c5ccc(OC)cc5)CC4)nc4c(C)cccn4c3=O)SC2=S)cc1. The number of carbonyl (C=O) groups excluding carboxylic acids is 1. The zero-order chi connectivity index (χ0) is 30.1. The lowest BCUT2D eigenvalue weighted by molar-refractivity contribution is -0.122. The monoisotopic (exact) mass is 613 g/mol. The standard InChI is InChI=1S/C32H31N5O4S2/c1-21-5-4-14-36-28(21)33-29(35-17-15-34(16-18-35)23-8-12-25(41-3)13-9-23)26(30(36)38)19-27-31(39)37(32(42)43-27)20-22-6-10-24(40-2)11-7-22/h4-14,19H,15-18,20H2,1-3H3/b27-19-. The molecule has 0 saturated carbocycles. The maximum Gasteiger partial charge on any atom is 0.267 e. The van der Waals surface area contributed by atoms with Crippen LogP contribution in [-0.4, -0.2) is 64.9 Å². The van der Waals surface area contributed by atoms with Crippen LogP contribution in [0.4, 0.5) is 11.5 Å². The Morgan fingerprint density at radius 3 is 2.19 bits per heavy atom. The number of benzene rings is 2. The third-order valence-electron chi connectivity index (χ3n) is 7.73. The van der Waals surface area contributed by atoms with Crippen LogP contribution in [0.2, 0.25) is 0 Å². The number of rotatable bonds is 7. The second kappa shape index (κ2) is 12.1. The van der Waals surface area contributed by atoms with Crippen molar-refractivity contribution in [3.05, 3.63) is 98.8 Å². The van der Waals surface area contributed by atoms with E-state index in [0.717, 1.165) is 41.4 Å². The van der Waals surface area contributed by atoms with E-state index in [1.807, 2.05) is 55.5 Å². The lowest BCUT2D eigenvalue weighted by Gasteiger charge is -2.37. The maximum absolute atomic E-state index is 13.9. The van der Waals surface area contributed by atoms with E-state index in [0.29, 0.717) is 45.9 Å². The van der Waals surface area contributed by atoms with Gasteiger partial charge in [-0.15, -0.1) is 0 Å². The number of anilines is 2. The van der Waals surface area contributed by atoms with Gasteiger partial charge in [-0.2, -0.15) is 0 Å². The lowest BCUT2D eigenvalue weighted by atomic mass is 10.2. The number of hydrogen-bond donors (Lipinski definition) is 0. The molecule has 2 aromatic carbocycles. The number of pyridine rings is 1. The normalized spacial score (nSPS) is 16.4. The van der Waals surface area contributed by atoms with E-state index in [4.69, 9.17) is 26.7 Å². The molecule has 4 aromatic rings. The summed E-state index contributed by atoms with van der Waals surface area (Å²) in [6.45, 7) is 5.12. The van der Waals surface area contributed by atoms with Crippen molar-refractivity contribution in [2.24, 2.45) is 0 Å². The van der Waals surface area contributed by atoms with Crippen LogP contribution in [0.3, 0.4) is 0 Å². The summed E-state index contributed by atoms with van der Waals surface area (Å²) in [5, 5.41) is 0. The van der Waals surface area contributed by atoms with Crippen molar-refractivity contribution >= 4 is 57.4 Å². The number of methoxy groups -OCH3 is 2. The van der Waals surface area contributed by atoms with Crippen molar-refractivity contribution in [2.75, 3.05) is 50.2 Å². The third kappa shape index (κ3) is 5.70. The molecular weight excluding hydrogens is 583 g/mol. The molecule has 2 fully saturated rings. The van der Waals surface area contributed by atoms with Crippen LogP contribution in [0.15, 0.2) is 76.6 Å². The lowest BCUT2D eigenvalue weighted by Crippen LogP contribution is -2.47. The van der Waals surface area contributed by atoms with Crippen LogP contribution in [0.25, 0.3) is 11.7 Å². The predicted molar refractivity (Wildman–Crippen MR) is 175 cm³/mol. The summed E-state index contributed by atoms with van der Waals surface area (Å²) in [5.74, 6) is 1.91. The molecule has 0 radical (unpaired) electrons. The number of fused-ring (bicyclic) bond motifs is 1. The van der Waals surface area contributed by atoms with Crippen LogP contribution in [-0.2, 0) is 11.3 Å². The molecule has 1 amide bonds. The summed E-state index contributed by atoms with van der Waals surface area (Å²) in [7, 11) is 3.27. The van der Waals surface area contributed by atoms with Gasteiger partial charge >= 0.3 is 0 Å². The highest BCUT2D eigenvalue weighted by molar-refractivity contribution is 8.26. The first kappa shape index (κ1) is 28.8. The molecule has 0 unspecified atom stereocenters. The van der Waals surface area contributed by atoms with Crippen molar-refractivity contribution in [3.63, 3.8) is 0 Å². The van der Waals surface area contributed by atoms with Crippen LogP contribution >= 0.6 is 24.0 Å². The third-order valence-corrected chi connectivity index (χ3v) is 9.11. The second-order valence-electron chi connectivity index (χ2n) is 10.3. The number of aryl methyl sites for hydroxylation is 1. The Morgan fingerprint density at radius 1 is 0.907 bits per heavy atom. The number of nitrogens with zero attached hydrogens (tertiary/aromatic N) is 5. The fraction of sp³-hybridized carbons (Fsp3) is 0.250. The first-order chi connectivity index (χ1) is 20.9. The summed E-state index contributed by atoms with van der Waals surface area (Å²) in [4.78, 5) is 38.9. The molecule has 220 valence electrons. The van der Waals surface area contributed by atoms with E-state index >= 15 is 0 Å². The van der Waals surface area contributed by atoms with Crippen LogP contribution in [0.5, 0.6) is 11.5 Å². The highest BCUT2D eigenvalue weighted by Crippen LogP contribution is 2.35. The fourth-order valence-corrected chi connectivity index (χ4v) is 6.56. The number of aromatic nitrogens is 2. The topological polar surface area (TPSA) is 79.6 Å². The molecule has 0 spiro atoms. The number of hydrogen-bond acceptors (Lipinski definition) is 9. The first-order valence-electron chi connectivity index (χ1n) is 13.9. The van der Waals surface area contributed by atoms with E-state index in [1.165, 1.54) is 11.8 Å². The van der Waals surface area contributed by atoms with Crippen LogP contribution < -0.4 is 24.8 Å². The van der Waals surface area contributed by atoms with E-state index in [1.54, 1.807) is 35.8 Å². The summed E-state index contributed by atoms with van der Waals surface area (Å²) < 4.78 is 12.5. The Hall–Kier alpha value is -4.35. The highest BCUT2D eigenvalue weighted by atomic mass is 32.2. The van der Waals surface area contributed by atoms with Crippen molar-refractivity contribution in [1.29, 1.82) is 0 Å². The summed E-state index contributed by atoms with van der Waals surface area (Å²) in [6.07, 6.45) is 3.39. The Kier molecular flexibility index (Phi) is 8.09. The van der Waals surface area contributed by atoms with Crippen molar-refractivity contribution < 1.29 is 14.3 Å². The maximum atomic E-state index is 13.9. The van der Waals surface area contributed by atoms with Crippen LogP contribution in [0.1, 0.15) is 16.7 Å². The average Bonchev–Trinajstić information content (AvgIpc) is 3.30. The van der Waals surface area contributed by atoms with Gasteiger partial charge in [0.15, 0.2) is 0 Å². The van der Waals surface area contributed by atoms with Crippen LogP contribution in [0, 0.1) is 6.92 Å². The van der Waals surface area contributed by atoms with Gasteiger partial charge in [0.2, 0.25) is 0 Å². The van der Waals surface area contributed by atoms with E-state index in [9.17, 15) is 9.59 Å². The number of carbonyl (C=O) groups is 1.